The molecule has 0 bridgehead atoms. The minimum atomic E-state index is -0.954. The van der Waals surface area contributed by atoms with Crippen LogP contribution in [0.2, 0.25) is 0 Å². The van der Waals surface area contributed by atoms with Crippen molar-refractivity contribution in [2.24, 2.45) is 0 Å². The molecule has 4 nitrogen and oxygen atoms in total. The molecule has 0 saturated carbocycles. The highest BCUT2D eigenvalue weighted by molar-refractivity contribution is 6.02. The average Bonchev–Trinajstić information content (AvgIpc) is 2.17. The van der Waals surface area contributed by atoms with Gasteiger partial charge in [0.15, 0.2) is 0 Å². The third kappa shape index (κ3) is 1.21. The molecule has 0 fully saturated rings. The van der Waals surface area contributed by atoms with Gasteiger partial charge in [-0.1, -0.05) is 0 Å². The molecule has 2 aromatic rings. The van der Waals surface area contributed by atoms with E-state index in [0.717, 1.165) is 5.56 Å². The average molecular weight is 188 g/mol. The fraction of sp³-hybridized carbons (Fsp3) is 0.100. The first-order valence-electron chi connectivity index (χ1n) is 4.13. The summed E-state index contributed by atoms with van der Waals surface area (Å²) in [5.41, 5.74) is 1.82. The van der Waals surface area contributed by atoms with Crippen LogP contribution in [0, 0.1) is 6.92 Å². The van der Waals surface area contributed by atoms with E-state index in [9.17, 15) is 4.79 Å². The van der Waals surface area contributed by atoms with Gasteiger partial charge in [0.05, 0.1) is 11.1 Å². The van der Waals surface area contributed by atoms with Crippen LogP contribution in [0.3, 0.4) is 0 Å². The fourth-order valence-corrected chi connectivity index (χ4v) is 1.39. The van der Waals surface area contributed by atoms with Crippen molar-refractivity contribution in [3.63, 3.8) is 0 Å². The molecule has 2 aromatic heterocycles. The van der Waals surface area contributed by atoms with Crippen LogP contribution in [0.25, 0.3) is 10.9 Å². The van der Waals surface area contributed by atoms with Gasteiger partial charge in [-0.25, -0.2) is 4.79 Å². The van der Waals surface area contributed by atoms with E-state index < -0.39 is 5.97 Å². The van der Waals surface area contributed by atoms with Crippen LogP contribution < -0.4 is 0 Å². The third-order valence-electron chi connectivity index (χ3n) is 2.07. The highest BCUT2D eigenvalue weighted by Crippen LogP contribution is 2.17. The van der Waals surface area contributed by atoms with E-state index in [2.05, 4.69) is 9.97 Å². The normalized spacial score (nSPS) is 10.4. The Labute approximate surface area is 80.2 Å². The summed E-state index contributed by atoms with van der Waals surface area (Å²) >= 11 is 0. The molecule has 0 saturated heterocycles. The van der Waals surface area contributed by atoms with Crippen LogP contribution in [0.4, 0.5) is 0 Å². The maximum atomic E-state index is 10.9. The number of pyridine rings is 2. The second-order valence-electron chi connectivity index (χ2n) is 3.02. The van der Waals surface area contributed by atoms with Crippen LogP contribution in [0.15, 0.2) is 24.7 Å². The lowest BCUT2D eigenvalue weighted by atomic mass is 10.1. The molecule has 0 unspecified atom stereocenters. The summed E-state index contributed by atoms with van der Waals surface area (Å²) in [4.78, 5) is 18.9. The first kappa shape index (κ1) is 8.62. The lowest BCUT2D eigenvalue weighted by Crippen LogP contribution is -1.99. The largest absolute Gasteiger partial charge is 0.478 e. The number of fused-ring (bicyclic) bond motifs is 1. The fourth-order valence-electron chi connectivity index (χ4n) is 1.39. The Balaban J connectivity index is 2.88. The van der Waals surface area contributed by atoms with Crippen molar-refractivity contribution in [2.45, 2.75) is 6.92 Å². The van der Waals surface area contributed by atoms with Gasteiger partial charge in [-0.2, -0.15) is 0 Å². The molecule has 0 aromatic carbocycles. The molecule has 0 atom stereocenters. The highest BCUT2D eigenvalue weighted by Gasteiger charge is 2.09. The molecular weight excluding hydrogens is 180 g/mol. The minimum absolute atomic E-state index is 0.242. The van der Waals surface area contributed by atoms with Crippen molar-refractivity contribution in [2.75, 3.05) is 0 Å². The molecule has 1 N–H and O–H groups in total. The second-order valence-corrected chi connectivity index (χ2v) is 3.02. The van der Waals surface area contributed by atoms with E-state index in [0.29, 0.717) is 10.9 Å². The topological polar surface area (TPSA) is 63.1 Å². The SMILES string of the molecule is Cc1cncc2c(C(=O)O)ccnc12. The summed E-state index contributed by atoms with van der Waals surface area (Å²) in [6.45, 7) is 1.86. The Morgan fingerprint density at radius 3 is 2.93 bits per heavy atom. The van der Waals surface area contributed by atoms with Crippen molar-refractivity contribution >= 4 is 16.9 Å². The Kier molecular flexibility index (Phi) is 1.89. The first-order chi connectivity index (χ1) is 6.70. The van der Waals surface area contributed by atoms with Gasteiger partial charge in [0, 0.05) is 24.0 Å². The number of carbonyl (C=O) groups is 1. The summed E-state index contributed by atoms with van der Waals surface area (Å²) in [5, 5.41) is 9.50. The summed E-state index contributed by atoms with van der Waals surface area (Å²) in [6, 6.07) is 1.48. The number of rotatable bonds is 1. The standard InChI is InChI=1S/C10H8N2O2/c1-6-4-11-5-8-7(10(13)14)2-3-12-9(6)8/h2-5H,1H3,(H,13,14). The molecule has 2 heterocycles. The summed E-state index contributed by atoms with van der Waals surface area (Å²) in [5.74, 6) is -0.954. The van der Waals surface area contributed by atoms with Gasteiger partial charge in [0.2, 0.25) is 0 Å². The summed E-state index contributed by atoms with van der Waals surface area (Å²) < 4.78 is 0. The van der Waals surface area contributed by atoms with Crippen molar-refractivity contribution in [1.29, 1.82) is 0 Å². The Morgan fingerprint density at radius 1 is 1.43 bits per heavy atom. The maximum Gasteiger partial charge on any atom is 0.336 e. The lowest BCUT2D eigenvalue weighted by molar-refractivity contribution is 0.0699. The summed E-state index contributed by atoms with van der Waals surface area (Å²) in [6.07, 6.45) is 4.69. The number of hydrogen-bond donors (Lipinski definition) is 1. The number of aromatic carboxylic acids is 1. The Bertz CT molecular complexity index is 508. The van der Waals surface area contributed by atoms with E-state index in [1.807, 2.05) is 6.92 Å². The maximum absolute atomic E-state index is 10.9. The van der Waals surface area contributed by atoms with E-state index >= 15 is 0 Å². The quantitative estimate of drug-likeness (QED) is 0.738. The van der Waals surface area contributed by atoms with Crippen molar-refractivity contribution in [3.8, 4) is 0 Å². The number of carboxylic acids is 1. The molecule has 14 heavy (non-hydrogen) atoms. The van der Waals surface area contributed by atoms with Crippen LogP contribution in [0.1, 0.15) is 15.9 Å². The van der Waals surface area contributed by atoms with Gasteiger partial charge in [0.25, 0.3) is 0 Å². The second kappa shape index (κ2) is 3.06. The number of nitrogens with zero attached hydrogens (tertiary/aromatic N) is 2. The van der Waals surface area contributed by atoms with Crippen LogP contribution in [-0.2, 0) is 0 Å². The van der Waals surface area contributed by atoms with E-state index in [1.165, 1.54) is 18.5 Å². The van der Waals surface area contributed by atoms with Gasteiger partial charge in [0.1, 0.15) is 0 Å². The molecule has 0 radical (unpaired) electrons. The van der Waals surface area contributed by atoms with Crippen LogP contribution in [0.5, 0.6) is 0 Å². The molecule has 0 aliphatic heterocycles. The molecule has 2 rings (SSSR count). The van der Waals surface area contributed by atoms with E-state index in [1.54, 1.807) is 6.20 Å². The van der Waals surface area contributed by atoms with Gasteiger partial charge in [-0.15, -0.1) is 0 Å². The van der Waals surface area contributed by atoms with E-state index in [-0.39, 0.29) is 5.56 Å². The van der Waals surface area contributed by atoms with Crippen molar-refractivity contribution in [3.05, 3.63) is 35.8 Å². The van der Waals surface area contributed by atoms with Gasteiger partial charge in [-0.3, -0.25) is 9.97 Å². The van der Waals surface area contributed by atoms with Gasteiger partial charge in [-0.05, 0) is 18.6 Å². The molecule has 0 aliphatic carbocycles. The first-order valence-corrected chi connectivity index (χ1v) is 4.13. The summed E-state index contributed by atoms with van der Waals surface area (Å²) in [7, 11) is 0. The molecule has 4 heteroatoms. The van der Waals surface area contributed by atoms with E-state index in [4.69, 9.17) is 5.11 Å². The van der Waals surface area contributed by atoms with Gasteiger partial charge < -0.3 is 5.11 Å². The zero-order valence-electron chi connectivity index (χ0n) is 7.56. The number of hydrogen-bond acceptors (Lipinski definition) is 3. The highest BCUT2D eigenvalue weighted by atomic mass is 16.4. The Morgan fingerprint density at radius 2 is 2.21 bits per heavy atom. The van der Waals surface area contributed by atoms with Crippen LogP contribution in [-0.4, -0.2) is 21.0 Å². The number of carboxylic acid groups (broad SMARTS) is 1. The number of aromatic nitrogens is 2. The molecule has 0 spiro atoms. The zero-order chi connectivity index (χ0) is 10.1. The molecule has 0 aliphatic rings. The smallest absolute Gasteiger partial charge is 0.336 e. The number of aryl methyl sites for hydroxylation is 1. The molecule has 70 valence electrons. The molecule has 0 amide bonds. The monoisotopic (exact) mass is 188 g/mol. The predicted molar refractivity (Wildman–Crippen MR) is 51.2 cm³/mol. The van der Waals surface area contributed by atoms with Crippen molar-refractivity contribution in [1.82, 2.24) is 9.97 Å². The predicted octanol–water partition coefficient (Wildman–Crippen LogP) is 1.64. The Hall–Kier alpha value is -1.97. The minimum Gasteiger partial charge on any atom is -0.478 e. The zero-order valence-corrected chi connectivity index (χ0v) is 7.56. The lowest BCUT2D eigenvalue weighted by Gasteiger charge is -2.02. The van der Waals surface area contributed by atoms with Crippen LogP contribution >= 0.6 is 0 Å². The molecular formula is C10H8N2O2. The van der Waals surface area contributed by atoms with Gasteiger partial charge >= 0.3 is 5.97 Å². The third-order valence-corrected chi connectivity index (χ3v) is 2.07. The van der Waals surface area contributed by atoms with Crippen molar-refractivity contribution < 1.29 is 9.90 Å².